The van der Waals surface area contributed by atoms with E-state index in [0.29, 0.717) is 38.7 Å². The first kappa shape index (κ1) is 13.8. The van der Waals surface area contributed by atoms with Crippen molar-refractivity contribution in [2.45, 2.75) is 13.5 Å². The number of carbonyl (C=O) groups excluding carboxylic acids is 1. The second-order valence-electron chi connectivity index (χ2n) is 5.27. The largest absolute Gasteiger partial charge is 0.378 e. The fourth-order valence-corrected chi connectivity index (χ4v) is 2.43. The number of imidazole rings is 1. The van der Waals surface area contributed by atoms with E-state index in [4.69, 9.17) is 4.74 Å². The molecule has 0 bridgehead atoms. The van der Waals surface area contributed by atoms with Crippen LogP contribution in [-0.4, -0.2) is 46.7 Å². The van der Waals surface area contributed by atoms with Gasteiger partial charge in [0.25, 0.3) is 5.91 Å². The zero-order chi connectivity index (χ0) is 14.7. The third-order valence-electron chi connectivity index (χ3n) is 3.68. The summed E-state index contributed by atoms with van der Waals surface area (Å²) >= 11 is 0. The van der Waals surface area contributed by atoms with Crippen LogP contribution in [0, 0.1) is 6.92 Å². The maximum absolute atomic E-state index is 12.5. The van der Waals surface area contributed by atoms with E-state index in [1.54, 1.807) is 11.1 Å². The molecule has 110 valence electrons. The van der Waals surface area contributed by atoms with E-state index in [2.05, 4.69) is 36.2 Å². The molecule has 1 amide bonds. The van der Waals surface area contributed by atoms with Crippen LogP contribution in [0.5, 0.6) is 0 Å². The molecule has 0 unspecified atom stereocenters. The molecule has 0 aliphatic carbocycles. The fraction of sp³-hybridized carbons (Fsp3) is 0.375. The monoisotopic (exact) mass is 285 g/mol. The molecule has 2 heterocycles. The van der Waals surface area contributed by atoms with Crippen molar-refractivity contribution in [1.29, 1.82) is 0 Å². The molecule has 5 nitrogen and oxygen atoms in total. The lowest BCUT2D eigenvalue weighted by Gasteiger charge is -2.26. The van der Waals surface area contributed by atoms with Crippen LogP contribution in [0.3, 0.4) is 0 Å². The second-order valence-corrected chi connectivity index (χ2v) is 5.27. The summed E-state index contributed by atoms with van der Waals surface area (Å²) in [5.74, 6) is 0.480. The minimum absolute atomic E-state index is 0.0181. The van der Waals surface area contributed by atoms with Crippen LogP contribution in [0.4, 0.5) is 0 Å². The number of rotatable bonds is 3. The smallest absolute Gasteiger partial charge is 0.290 e. The SMILES string of the molecule is Cc1ccc(Cn2ccnc2C(=O)N2CCOCC2)cc1. The number of aromatic nitrogens is 2. The van der Waals surface area contributed by atoms with Crippen LogP contribution in [0.25, 0.3) is 0 Å². The Labute approximate surface area is 124 Å². The average Bonchev–Trinajstić information content (AvgIpc) is 2.98. The molecule has 1 aliphatic heterocycles. The highest BCUT2D eigenvalue weighted by atomic mass is 16.5. The van der Waals surface area contributed by atoms with Crippen molar-refractivity contribution in [2.24, 2.45) is 0 Å². The molecule has 0 spiro atoms. The summed E-state index contributed by atoms with van der Waals surface area (Å²) in [5, 5.41) is 0. The molecule has 0 radical (unpaired) electrons. The van der Waals surface area contributed by atoms with E-state index in [1.165, 1.54) is 5.56 Å². The molecule has 0 saturated carbocycles. The molecule has 1 aromatic heterocycles. The van der Waals surface area contributed by atoms with Gasteiger partial charge < -0.3 is 14.2 Å². The standard InChI is InChI=1S/C16H19N3O2/c1-13-2-4-14(5-3-13)12-19-7-6-17-15(19)16(20)18-8-10-21-11-9-18/h2-7H,8-12H2,1H3. The van der Waals surface area contributed by atoms with Gasteiger partial charge in [0.1, 0.15) is 0 Å². The number of hydrogen-bond acceptors (Lipinski definition) is 3. The maximum atomic E-state index is 12.5. The van der Waals surface area contributed by atoms with E-state index in [1.807, 2.05) is 10.8 Å². The Hall–Kier alpha value is -2.14. The van der Waals surface area contributed by atoms with Crippen molar-refractivity contribution in [3.63, 3.8) is 0 Å². The van der Waals surface area contributed by atoms with Crippen molar-refractivity contribution in [1.82, 2.24) is 14.5 Å². The number of aryl methyl sites for hydroxylation is 1. The normalized spacial score (nSPS) is 15.2. The Morgan fingerprint density at radius 1 is 1.24 bits per heavy atom. The molecular weight excluding hydrogens is 266 g/mol. The molecule has 21 heavy (non-hydrogen) atoms. The summed E-state index contributed by atoms with van der Waals surface area (Å²) in [6.07, 6.45) is 3.54. The average molecular weight is 285 g/mol. The first-order valence-electron chi connectivity index (χ1n) is 7.18. The van der Waals surface area contributed by atoms with E-state index >= 15 is 0 Å². The van der Waals surface area contributed by atoms with Crippen LogP contribution in [-0.2, 0) is 11.3 Å². The molecule has 3 rings (SSSR count). The summed E-state index contributed by atoms with van der Waals surface area (Å²) in [7, 11) is 0. The van der Waals surface area contributed by atoms with E-state index in [0.717, 1.165) is 5.56 Å². The minimum Gasteiger partial charge on any atom is -0.378 e. The van der Waals surface area contributed by atoms with Gasteiger partial charge in [-0.2, -0.15) is 0 Å². The van der Waals surface area contributed by atoms with Crippen molar-refractivity contribution in [3.05, 3.63) is 53.6 Å². The first-order chi connectivity index (χ1) is 10.2. The molecule has 0 N–H and O–H groups in total. The van der Waals surface area contributed by atoms with Gasteiger partial charge in [0, 0.05) is 32.0 Å². The Balaban J connectivity index is 1.76. The van der Waals surface area contributed by atoms with Crippen LogP contribution in [0.1, 0.15) is 21.7 Å². The summed E-state index contributed by atoms with van der Waals surface area (Å²) in [6.45, 7) is 5.20. The van der Waals surface area contributed by atoms with Gasteiger partial charge >= 0.3 is 0 Å². The van der Waals surface area contributed by atoms with E-state index in [-0.39, 0.29) is 5.91 Å². The lowest BCUT2D eigenvalue weighted by atomic mass is 10.1. The van der Waals surface area contributed by atoms with E-state index < -0.39 is 0 Å². The molecule has 1 aromatic carbocycles. The number of nitrogens with zero attached hydrogens (tertiary/aromatic N) is 3. The van der Waals surface area contributed by atoms with Crippen molar-refractivity contribution < 1.29 is 9.53 Å². The zero-order valence-corrected chi connectivity index (χ0v) is 12.2. The second kappa shape index (κ2) is 6.10. The minimum atomic E-state index is -0.0181. The fourth-order valence-electron chi connectivity index (χ4n) is 2.43. The third-order valence-corrected chi connectivity index (χ3v) is 3.68. The lowest BCUT2D eigenvalue weighted by Crippen LogP contribution is -2.41. The molecule has 2 aromatic rings. The molecule has 5 heteroatoms. The van der Waals surface area contributed by atoms with Crippen molar-refractivity contribution >= 4 is 5.91 Å². The summed E-state index contributed by atoms with van der Waals surface area (Å²) in [5.41, 5.74) is 2.39. The van der Waals surface area contributed by atoms with Gasteiger partial charge in [-0.25, -0.2) is 4.98 Å². The van der Waals surface area contributed by atoms with Gasteiger partial charge in [0.05, 0.1) is 13.2 Å². The van der Waals surface area contributed by atoms with Gasteiger partial charge in [-0.15, -0.1) is 0 Å². The van der Waals surface area contributed by atoms with E-state index in [9.17, 15) is 4.79 Å². The Kier molecular flexibility index (Phi) is 4.01. The number of carbonyl (C=O) groups is 1. The highest BCUT2D eigenvalue weighted by Crippen LogP contribution is 2.10. The first-order valence-corrected chi connectivity index (χ1v) is 7.18. The molecule has 1 saturated heterocycles. The molecule has 1 aliphatic rings. The molecule has 0 atom stereocenters. The highest BCUT2D eigenvalue weighted by molar-refractivity contribution is 5.90. The quantitative estimate of drug-likeness (QED) is 0.862. The summed E-state index contributed by atoms with van der Waals surface area (Å²) < 4.78 is 7.19. The molecule has 1 fully saturated rings. The number of amides is 1. The number of benzene rings is 1. The van der Waals surface area contributed by atoms with Crippen LogP contribution < -0.4 is 0 Å². The Morgan fingerprint density at radius 2 is 1.95 bits per heavy atom. The summed E-state index contributed by atoms with van der Waals surface area (Å²) in [6, 6.07) is 8.32. The van der Waals surface area contributed by atoms with Gasteiger partial charge in [0.15, 0.2) is 5.82 Å². The predicted molar refractivity (Wildman–Crippen MR) is 79.2 cm³/mol. The van der Waals surface area contributed by atoms with Crippen molar-refractivity contribution in [2.75, 3.05) is 26.3 Å². The Morgan fingerprint density at radius 3 is 2.67 bits per heavy atom. The Bertz CT molecular complexity index is 613. The highest BCUT2D eigenvalue weighted by Gasteiger charge is 2.22. The van der Waals surface area contributed by atoms with Gasteiger partial charge in [-0.05, 0) is 12.5 Å². The number of morpholine rings is 1. The maximum Gasteiger partial charge on any atom is 0.290 e. The molecular formula is C16H19N3O2. The van der Waals surface area contributed by atoms with Crippen molar-refractivity contribution in [3.8, 4) is 0 Å². The van der Waals surface area contributed by atoms with Gasteiger partial charge in [-0.1, -0.05) is 29.8 Å². The third kappa shape index (κ3) is 3.13. The zero-order valence-electron chi connectivity index (χ0n) is 12.2. The van der Waals surface area contributed by atoms with Crippen LogP contribution >= 0.6 is 0 Å². The lowest BCUT2D eigenvalue weighted by molar-refractivity contribution is 0.0292. The number of ether oxygens (including phenoxy) is 1. The predicted octanol–water partition coefficient (Wildman–Crippen LogP) is 1.71. The number of hydrogen-bond donors (Lipinski definition) is 0. The van der Waals surface area contributed by atoms with Crippen LogP contribution in [0.15, 0.2) is 36.7 Å². The van der Waals surface area contributed by atoms with Gasteiger partial charge in [0.2, 0.25) is 0 Å². The topological polar surface area (TPSA) is 47.4 Å². The van der Waals surface area contributed by atoms with Gasteiger partial charge in [-0.3, -0.25) is 4.79 Å². The summed E-state index contributed by atoms with van der Waals surface area (Å²) in [4.78, 5) is 18.6. The van der Waals surface area contributed by atoms with Crippen LogP contribution in [0.2, 0.25) is 0 Å².